The van der Waals surface area contributed by atoms with Gasteiger partial charge >= 0.3 is 5.97 Å². The third-order valence-electron chi connectivity index (χ3n) is 3.60. The summed E-state index contributed by atoms with van der Waals surface area (Å²) >= 11 is 1.20. The van der Waals surface area contributed by atoms with Crippen LogP contribution in [0.1, 0.15) is 22.5 Å². The monoisotopic (exact) mass is 293 g/mol. The minimum absolute atomic E-state index is 0.143. The van der Waals surface area contributed by atoms with Gasteiger partial charge in [0.25, 0.3) is 5.91 Å². The van der Waals surface area contributed by atoms with Crippen molar-refractivity contribution in [2.45, 2.75) is 12.8 Å². The van der Waals surface area contributed by atoms with Crippen LogP contribution >= 0.6 is 11.3 Å². The van der Waals surface area contributed by atoms with Crippen LogP contribution in [0, 0.1) is 11.2 Å². The lowest BCUT2D eigenvalue weighted by molar-refractivity contribution is -0.143. The molecule has 0 aliphatic heterocycles. The normalized spacial score (nSPS) is 16.1. The van der Waals surface area contributed by atoms with E-state index >= 15 is 0 Å². The van der Waals surface area contributed by atoms with Crippen LogP contribution in [0.3, 0.4) is 0 Å². The van der Waals surface area contributed by atoms with Crippen LogP contribution in [-0.2, 0) is 4.79 Å². The summed E-state index contributed by atoms with van der Waals surface area (Å²) in [6.45, 7) is 0.143. The number of carboxylic acids is 1. The van der Waals surface area contributed by atoms with E-state index in [2.05, 4.69) is 5.32 Å². The average molecular weight is 293 g/mol. The van der Waals surface area contributed by atoms with Gasteiger partial charge in [-0.05, 0) is 36.4 Å². The molecule has 1 saturated carbocycles. The lowest BCUT2D eigenvalue weighted by Gasteiger charge is -2.09. The number of aliphatic carboxylic acids is 1. The van der Waals surface area contributed by atoms with Gasteiger partial charge < -0.3 is 10.4 Å². The smallest absolute Gasteiger partial charge is 0.311 e. The fraction of sp³-hybridized carbons (Fsp3) is 0.286. The van der Waals surface area contributed by atoms with Crippen LogP contribution < -0.4 is 5.32 Å². The van der Waals surface area contributed by atoms with Gasteiger partial charge in [-0.1, -0.05) is 6.07 Å². The van der Waals surface area contributed by atoms with Gasteiger partial charge in [-0.25, -0.2) is 4.39 Å². The first-order valence-corrected chi connectivity index (χ1v) is 7.03. The van der Waals surface area contributed by atoms with Crippen molar-refractivity contribution in [1.29, 1.82) is 0 Å². The summed E-state index contributed by atoms with van der Waals surface area (Å²) in [5.74, 6) is -1.51. The zero-order valence-corrected chi connectivity index (χ0v) is 11.3. The summed E-state index contributed by atoms with van der Waals surface area (Å²) in [5, 5.41) is 12.5. The number of halogens is 1. The van der Waals surface area contributed by atoms with E-state index in [4.69, 9.17) is 5.11 Å². The third-order valence-corrected chi connectivity index (χ3v) is 4.70. The SMILES string of the molecule is O=C(NCC1(C(=O)O)CC1)c1cc2ccc(F)cc2s1. The highest BCUT2D eigenvalue weighted by Crippen LogP contribution is 2.45. The number of amides is 1. The van der Waals surface area contributed by atoms with Crippen molar-refractivity contribution in [2.75, 3.05) is 6.54 Å². The molecule has 0 atom stereocenters. The molecule has 0 saturated heterocycles. The number of rotatable bonds is 4. The van der Waals surface area contributed by atoms with Crippen LogP contribution in [0.15, 0.2) is 24.3 Å². The molecule has 3 rings (SSSR count). The van der Waals surface area contributed by atoms with Gasteiger partial charge in [-0.3, -0.25) is 9.59 Å². The quantitative estimate of drug-likeness (QED) is 0.910. The van der Waals surface area contributed by atoms with Crippen molar-refractivity contribution in [3.8, 4) is 0 Å². The first-order chi connectivity index (χ1) is 9.50. The number of hydrogen-bond donors (Lipinski definition) is 2. The second-order valence-corrected chi connectivity index (χ2v) is 6.14. The number of hydrogen-bond acceptors (Lipinski definition) is 3. The first kappa shape index (κ1) is 13.1. The zero-order chi connectivity index (χ0) is 14.3. The fourth-order valence-electron chi connectivity index (χ4n) is 2.07. The summed E-state index contributed by atoms with van der Waals surface area (Å²) in [4.78, 5) is 23.5. The second-order valence-electron chi connectivity index (χ2n) is 5.06. The van der Waals surface area contributed by atoms with E-state index in [1.54, 1.807) is 12.1 Å². The Labute approximate surface area is 118 Å². The Morgan fingerprint density at radius 2 is 2.10 bits per heavy atom. The molecule has 1 fully saturated rings. The Bertz CT molecular complexity index is 706. The molecule has 4 nitrogen and oxygen atoms in total. The Balaban J connectivity index is 1.74. The number of benzene rings is 1. The Kier molecular flexibility index (Phi) is 2.97. The summed E-state index contributed by atoms with van der Waals surface area (Å²) < 4.78 is 13.8. The molecule has 0 spiro atoms. The number of nitrogens with one attached hydrogen (secondary N) is 1. The molecule has 1 amide bonds. The molecular formula is C14H12FNO3S. The van der Waals surface area contributed by atoms with Crippen molar-refractivity contribution in [1.82, 2.24) is 5.32 Å². The summed E-state index contributed by atoms with van der Waals surface area (Å²) in [6.07, 6.45) is 1.19. The predicted octanol–water partition coefficient (Wildman–Crippen LogP) is 2.64. The van der Waals surface area contributed by atoms with Crippen molar-refractivity contribution < 1.29 is 19.1 Å². The number of fused-ring (bicyclic) bond motifs is 1. The van der Waals surface area contributed by atoms with Crippen LogP contribution in [0.5, 0.6) is 0 Å². The van der Waals surface area contributed by atoms with E-state index in [1.165, 1.54) is 23.5 Å². The van der Waals surface area contributed by atoms with Crippen molar-refractivity contribution in [3.05, 3.63) is 35.0 Å². The number of thiophene rings is 1. The molecule has 1 heterocycles. The van der Waals surface area contributed by atoms with Crippen molar-refractivity contribution >= 4 is 33.3 Å². The van der Waals surface area contributed by atoms with Gasteiger partial charge in [-0.2, -0.15) is 0 Å². The highest BCUT2D eigenvalue weighted by atomic mass is 32.1. The van der Waals surface area contributed by atoms with Gasteiger partial charge in [-0.15, -0.1) is 11.3 Å². The van der Waals surface area contributed by atoms with Crippen LogP contribution in [-0.4, -0.2) is 23.5 Å². The summed E-state index contributed by atoms with van der Waals surface area (Å²) in [5.41, 5.74) is -0.779. The van der Waals surface area contributed by atoms with E-state index in [1.807, 2.05) is 0 Å². The first-order valence-electron chi connectivity index (χ1n) is 6.21. The highest BCUT2D eigenvalue weighted by Gasteiger charge is 2.50. The van der Waals surface area contributed by atoms with Gasteiger partial charge in [0, 0.05) is 11.2 Å². The largest absolute Gasteiger partial charge is 0.481 e. The minimum Gasteiger partial charge on any atom is -0.481 e. The molecule has 0 radical (unpaired) electrons. The van der Waals surface area contributed by atoms with Gasteiger partial charge in [0.05, 0.1) is 10.3 Å². The molecule has 1 aliphatic carbocycles. The molecule has 1 aromatic carbocycles. The van der Waals surface area contributed by atoms with Gasteiger partial charge in [0.15, 0.2) is 0 Å². The topological polar surface area (TPSA) is 66.4 Å². The molecule has 2 aromatic rings. The van der Waals surface area contributed by atoms with E-state index in [-0.39, 0.29) is 18.3 Å². The van der Waals surface area contributed by atoms with Gasteiger partial charge in [0.1, 0.15) is 5.82 Å². The van der Waals surface area contributed by atoms with Crippen LogP contribution in [0.4, 0.5) is 4.39 Å². The van der Waals surface area contributed by atoms with E-state index in [9.17, 15) is 14.0 Å². The summed E-state index contributed by atoms with van der Waals surface area (Å²) in [6, 6.07) is 6.05. The molecule has 6 heteroatoms. The fourth-order valence-corrected chi connectivity index (χ4v) is 3.07. The minimum atomic E-state index is -0.865. The van der Waals surface area contributed by atoms with Crippen LogP contribution in [0.2, 0.25) is 0 Å². The zero-order valence-electron chi connectivity index (χ0n) is 10.5. The number of carbonyl (C=O) groups excluding carboxylic acids is 1. The molecule has 1 aliphatic rings. The van der Waals surface area contributed by atoms with Crippen LogP contribution in [0.25, 0.3) is 10.1 Å². The molecule has 104 valence electrons. The van der Waals surface area contributed by atoms with E-state index < -0.39 is 11.4 Å². The van der Waals surface area contributed by atoms with Crippen molar-refractivity contribution in [2.24, 2.45) is 5.41 Å². The molecular weight excluding hydrogens is 281 g/mol. The van der Waals surface area contributed by atoms with Crippen molar-refractivity contribution in [3.63, 3.8) is 0 Å². The molecule has 0 unspecified atom stereocenters. The van der Waals surface area contributed by atoms with Gasteiger partial charge in [0.2, 0.25) is 0 Å². The molecule has 20 heavy (non-hydrogen) atoms. The lowest BCUT2D eigenvalue weighted by atomic mass is 10.1. The molecule has 1 aromatic heterocycles. The Morgan fingerprint density at radius 3 is 2.75 bits per heavy atom. The van der Waals surface area contributed by atoms with E-state index in [0.29, 0.717) is 22.4 Å². The highest BCUT2D eigenvalue weighted by molar-refractivity contribution is 7.20. The van der Waals surface area contributed by atoms with E-state index in [0.717, 1.165) is 5.39 Å². The third kappa shape index (κ3) is 2.27. The Morgan fingerprint density at radius 1 is 1.35 bits per heavy atom. The predicted molar refractivity (Wildman–Crippen MR) is 73.4 cm³/mol. The summed E-state index contributed by atoms with van der Waals surface area (Å²) in [7, 11) is 0. The lowest BCUT2D eigenvalue weighted by Crippen LogP contribution is -2.33. The standard InChI is InChI=1S/C14H12FNO3S/c15-9-2-1-8-5-11(20-10(8)6-9)12(17)16-7-14(3-4-14)13(18)19/h1-2,5-6H,3-4,7H2,(H,16,17)(H,18,19). The maximum absolute atomic E-state index is 13.1. The second kappa shape index (κ2) is 4.56. The number of carbonyl (C=O) groups is 2. The average Bonchev–Trinajstić information content (AvgIpc) is 3.09. The maximum Gasteiger partial charge on any atom is 0.311 e. The maximum atomic E-state index is 13.1. The molecule has 0 bridgehead atoms. The Hall–Kier alpha value is -1.95. The number of carboxylic acid groups (broad SMARTS) is 1. The molecule has 2 N–H and O–H groups in total.